The molecule has 1 aliphatic heterocycles. The molecule has 0 spiro atoms. The lowest BCUT2D eigenvalue weighted by atomic mass is 10.1. The van der Waals surface area contributed by atoms with Crippen LogP contribution in [0.3, 0.4) is 0 Å². The van der Waals surface area contributed by atoms with E-state index >= 15 is 0 Å². The highest BCUT2D eigenvalue weighted by Gasteiger charge is 2.15. The summed E-state index contributed by atoms with van der Waals surface area (Å²) >= 11 is 5.70. The largest absolute Gasteiger partial charge is 0.372 e. The van der Waals surface area contributed by atoms with E-state index in [0.717, 1.165) is 32.0 Å². The zero-order valence-electron chi connectivity index (χ0n) is 19.1. The minimum atomic E-state index is -0.318. The third-order valence-electron chi connectivity index (χ3n) is 5.63. The molecule has 0 radical (unpaired) electrons. The van der Waals surface area contributed by atoms with Crippen molar-refractivity contribution in [2.24, 2.45) is 11.7 Å². The average molecular weight is 445 g/mol. The normalized spacial score (nSPS) is 14.5. The van der Waals surface area contributed by atoms with Gasteiger partial charge in [-0.3, -0.25) is 9.69 Å². The highest BCUT2D eigenvalue weighted by Crippen LogP contribution is 2.20. The first-order chi connectivity index (χ1) is 14.8. The lowest BCUT2D eigenvalue weighted by Gasteiger charge is -2.29. The van der Waals surface area contributed by atoms with Crippen molar-refractivity contribution in [3.05, 3.63) is 40.4 Å². The van der Waals surface area contributed by atoms with Gasteiger partial charge in [-0.05, 0) is 62.1 Å². The molecule has 1 amide bonds. The Morgan fingerprint density at radius 1 is 1.19 bits per heavy atom. The number of piperidine rings is 1. The lowest BCUT2D eigenvalue weighted by molar-refractivity contribution is -0.118. The number of rotatable bonds is 10. The van der Waals surface area contributed by atoms with Gasteiger partial charge in [-0.2, -0.15) is 5.10 Å². The fourth-order valence-corrected chi connectivity index (χ4v) is 4.38. The molecule has 1 aromatic heterocycles. The molecule has 0 aliphatic carbocycles. The van der Waals surface area contributed by atoms with Crippen LogP contribution in [0, 0.1) is 10.7 Å². The van der Waals surface area contributed by atoms with Crippen LogP contribution in [0.4, 0.5) is 5.69 Å². The number of amides is 1. The van der Waals surface area contributed by atoms with Crippen molar-refractivity contribution < 1.29 is 4.79 Å². The summed E-state index contributed by atoms with van der Waals surface area (Å²) in [5.74, 6) is 0.950. The van der Waals surface area contributed by atoms with Gasteiger partial charge in [0, 0.05) is 44.7 Å². The first-order valence-electron chi connectivity index (χ1n) is 11.3. The van der Waals surface area contributed by atoms with Crippen LogP contribution in [0.15, 0.2) is 24.3 Å². The topological polar surface area (TPSA) is 72.3 Å². The van der Waals surface area contributed by atoms with Gasteiger partial charge in [-0.1, -0.05) is 26.0 Å². The predicted molar refractivity (Wildman–Crippen MR) is 127 cm³/mol. The van der Waals surface area contributed by atoms with E-state index < -0.39 is 0 Å². The van der Waals surface area contributed by atoms with E-state index in [0.29, 0.717) is 23.8 Å². The number of aryl methyl sites for hydroxylation is 1. The predicted octanol–water partition coefficient (Wildman–Crippen LogP) is 3.57. The highest BCUT2D eigenvalue weighted by atomic mass is 32.1. The molecule has 2 N–H and O–H groups in total. The Morgan fingerprint density at radius 2 is 1.87 bits per heavy atom. The van der Waals surface area contributed by atoms with Gasteiger partial charge in [0.25, 0.3) is 0 Å². The molecule has 8 heteroatoms. The molecule has 2 heterocycles. The monoisotopic (exact) mass is 444 g/mol. The Hall–Kier alpha value is -2.19. The maximum Gasteiger partial charge on any atom is 0.217 e. The second-order valence-electron chi connectivity index (χ2n) is 9.04. The third-order valence-corrected chi connectivity index (χ3v) is 6.06. The van der Waals surface area contributed by atoms with E-state index in [9.17, 15) is 4.79 Å². The van der Waals surface area contributed by atoms with Crippen LogP contribution >= 0.6 is 12.2 Å². The van der Waals surface area contributed by atoms with Gasteiger partial charge < -0.3 is 15.2 Å². The highest BCUT2D eigenvalue weighted by molar-refractivity contribution is 7.71. The zero-order chi connectivity index (χ0) is 22.4. The minimum Gasteiger partial charge on any atom is -0.372 e. The number of carbonyl (C=O) groups is 1. The number of hydrogen-bond acceptors (Lipinski definition) is 5. The minimum absolute atomic E-state index is 0.281. The zero-order valence-corrected chi connectivity index (χ0v) is 19.9. The summed E-state index contributed by atoms with van der Waals surface area (Å²) in [5.41, 5.74) is 7.93. The number of hydrogen-bond donors (Lipinski definition) is 1. The number of benzene rings is 1. The molecule has 1 aliphatic rings. The molecule has 170 valence electrons. The van der Waals surface area contributed by atoms with Gasteiger partial charge in [0.15, 0.2) is 4.77 Å². The fraction of sp³-hybridized carbons (Fsp3) is 0.609. The molecule has 3 rings (SSSR count). The Labute approximate surface area is 190 Å². The summed E-state index contributed by atoms with van der Waals surface area (Å²) in [7, 11) is 2.07. The van der Waals surface area contributed by atoms with Crippen LogP contribution in [0.1, 0.15) is 50.9 Å². The first-order valence-corrected chi connectivity index (χ1v) is 11.7. The molecule has 0 atom stereocenters. The van der Waals surface area contributed by atoms with Crippen LogP contribution in [-0.4, -0.2) is 45.3 Å². The Bertz CT molecular complexity index is 911. The Kier molecular flexibility index (Phi) is 8.26. The smallest absolute Gasteiger partial charge is 0.217 e. The van der Waals surface area contributed by atoms with Crippen LogP contribution in [-0.2, 0) is 31.0 Å². The number of nitrogens with zero attached hydrogens (tertiary/aromatic N) is 5. The first kappa shape index (κ1) is 23.5. The summed E-state index contributed by atoms with van der Waals surface area (Å²) < 4.78 is 4.60. The van der Waals surface area contributed by atoms with Gasteiger partial charge in [0.1, 0.15) is 5.82 Å². The van der Waals surface area contributed by atoms with Gasteiger partial charge >= 0.3 is 0 Å². The standard InChI is InChI=1S/C23H36N6OS/c1-18(2)15-28-22(12-11-21(24)30)25-29(23(28)31)17-26(3)16-19-7-9-20(10-8-19)27-13-5-4-6-14-27/h7-10,18H,4-6,11-17H2,1-3H3,(H2,24,30). The molecule has 1 fully saturated rings. The van der Waals surface area contributed by atoms with Crippen molar-refractivity contribution in [3.63, 3.8) is 0 Å². The van der Waals surface area contributed by atoms with E-state index in [1.165, 1.54) is 30.5 Å². The molecule has 0 unspecified atom stereocenters. The summed E-state index contributed by atoms with van der Waals surface area (Å²) in [6.45, 7) is 8.82. The summed E-state index contributed by atoms with van der Waals surface area (Å²) in [6, 6.07) is 8.91. The lowest BCUT2D eigenvalue weighted by Crippen LogP contribution is -2.29. The Balaban J connectivity index is 1.65. The molecule has 0 saturated carbocycles. The van der Waals surface area contributed by atoms with E-state index in [4.69, 9.17) is 23.1 Å². The van der Waals surface area contributed by atoms with Crippen LogP contribution < -0.4 is 10.6 Å². The number of anilines is 1. The van der Waals surface area contributed by atoms with Gasteiger partial charge in [0.05, 0.1) is 6.67 Å². The second-order valence-corrected chi connectivity index (χ2v) is 9.40. The number of carbonyl (C=O) groups excluding carboxylic acids is 1. The molecule has 31 heavy (non-hydrogen) atoms. The van der Waals surface area contributed by atoms with E-state index in [1.807, 2.05) is 9.25 Å². The van der Waals surface area contributed by atoms with Gasteiger partial charge in [-0.15, -0.1) is 0 Å². The molecule has 1 aromatic carbocycles. The molecular formula is C23H36N6OS. The van der Waals surface area contributed by atoms with E-state index in [-0.39, 0.29) is 12.3 Å². The van der Waals surface area contributed by atoms with Crippen LogP contribution in [0.5, 0.6) is 0 Å². The van der Waals surface area contributed by atoms with Crippen molar-refractivity contribution in [2.45, 2.75) is 65.7 Å². The number of nitrogens with two attached hydrogens (primary N) is 1. The molecule has 7 nitrogen and oxygen atoms in total. The van der Waals surface area contributed by atoms with Crippen molar-refractivity contribution in [1.29, 1.82) is 0 Å². The molecule has 2 aromatic rings. The van der Waals surface area contributed by atoms with Gasteiger partial charge in [-0.25, -0.2) is 4.68 Å². The maximum absolute atomic E-state index is 11.2. The SMILES string of the molecule is CC(C)Cn1c(CCC(N)=O)nn(CN(C)Cc2ccc(N3CCCCC3)cc2)c1=S. The summed E-state index contributed by atoms with van der Waals surface area (Å²) in [5, 5.41) is 4.71. The van der Waals surface area contributed by atoms with E-state index in [1.54, 1.807) is 0 Å². The molecule has 1 saturated heterocycles. The van der Waals surface area contributed by atoms with Gasteiger partial charge in [0.2, 0.25) is 5.91 Å². The molecular weight excluding hydrogens is 408 g/mol. The van der Waals surface area contributed by atoms with Crippen molar-refractivity contribution in [3.8, 4) is 0 Å². The maximum atomic E-state index is 11.2. The fourth-order valence-electron chi connectivity index (χ4n) is 4.10. The van der Waals surface area contributed by atoms with Crippen LogP contribution in [0.2, 0.25) is 0 Å². The Morgan fingerprint density at radius 3 is 2.48 bits per heavy atom. The number of primary amides is 1. The third kappa shape index (κ3) is 6.64. The van der Waals surface area contributed by atoms with Crippen molar-refractivity contribution in [1.82, 2.24) is 19.2 Å². The van der Waals surface area contributed by atoms with E-state index in [2.05, 4.69) is 55.0 Å². The van der Waals surface area contributed by atoms with Crippen molar-refractivity contribution in [2.75, 3.05) is 25.0 Å². The quantitative estimate of drug-likeness (QED) is 0.567. The molecule has 0 bridgehead atoms. The van der Waals surface area contributed by atoms with Crippen molar-refractivity contribution >= 4 is 23.8 Å². The number of aromatic nitrogens is 3. The summed E-state index contributed by atoms with van der Waals surface area (Å²) in [4.78, 5) is 15.9. The average Bonchev–Trinajstić information content (AvgIpc) is 3.02. The second kappa shape index (κ2) is 10.9. The summed E-state index contributed by atoms with van der Waals surface area (Å²) in [6.07, 6.45) is 4.72. The van der Waals surface area contributed by atoms with Crippen LogP contribution in [0.25, 0.3) is 0 Å².